The molecule has 2 amide bonds. The normalized spacial score (nSPS) is 15.2. The van der Waals surface area contributed by atoms with Crippen molar-refractivity contribution in [2.45, 2.75) is 6.92 Å². The number of anilines is 1. The van der Waals surface area contributed by atoms with E-state index in [1.807, 2.05) is 25.1 Å². The lowest BCUT2D eigenvalue weighted by Gasteiger charge is -2.26. The van der Waals surface area contributed by atoms with Crippen molar-refractivity contribution in [1.29, 1.82) is 0 Å². The van der Waals surface area contributed by atoms with Gasteiger partial charge in [-0.1, -0.05) is 6.07 Å². The zero-order chi connectivity index (χ0) is 16.8. The molecule has 0 unspecified atom stereocenters. The van der Waals surface area contributed by atoms with Crippen LogP contribution in [-0.4, -0.2) is 70.5 Å². The minimum absolute atomic E-state index is 0.227. The van der Waals surface area contributed by atoms with Crippen molar-refractivity contribution in [3.8, 4) is 5.69 Å². The number of carbonyl (C=O) groups excluding carboxylic acids is 1. The number of aromatic nitrogens is 4. The van der Waals surface area contributed by atoms with Crippen molar-refractivity contribution < 1.29 is 9.53 Å². The van der Waals surface area contributed by atoms with Crippen LogP contribution >= 0.6 is 0 Å². The van der Waals surface area contributed by atoms with Crippen LogP contribution < -0.4 is 10.6 Å². The van der Waals surface area contributed by atoms with E-state index in [0.29, 0.717) is 12.2 Å². The van der Waals surface area contributed by atoms with Crippen LogP contribution in [0.2, 0.25) is 0 Å². The highest BCUT2D eigenvalue weighted by Gasteiger charge is 2.11. The summed E-state index contributed by atoms with van der Waals surface area (Å²) >= 11 is 0. The molecular weight excluding hydrogens is 310 g/mol. The highest BCUT2D eigenvalue weighted by Crippen LogP contribution is 2.18. The Morgan fingerprint density at radius 2 is 2.17 bits per heavy atom. The number of amides is 2. The predicted octanol–water partition coefficient (Wildman–Crippen LogP) is 0.424. The van der Waals surface area contributed by atoms with Crippen LogP contribution in [0.4, 0.5) is 10.5 Å². The molecule has 9 nitrogen and oxygen atoms in total. The summed E-state index contributed by atoms with van der Waals surface area (Å²) in [5, 5.41) is 16.9. The number of morpholine rings is 1. The Morgan fingerprint density at radius 1 is 1.33 bits per heavy atom. The number of nitrogens with zero attached hydrogens (tertiary/aromatic N) is 5. The molecule has 9 heteroatoms. The maximum Gasteiger partial charge on any atom is 0.319 e. The van der Waals surface area contributed by atoms with Crippen LogP contribution in [0.3, 0.4) is 0 Å². The van der Waals surface area contributed by atoms with E-state index in [9.17, 15) is 4.79 Å². The van der Waals surface area contributed by atoms with Gasteiger partial charge in [0.2, 0.25) is 0 Å². The van der Waals surface area contributed by atoms with E-state index in [4.69, 9.17) is 4.74 Å². The van der Waals surface area contributed by atoms with Crippen LogP contribution in [0.15, 0.2) is 24.5 Å². The number of hydrogen-bond acceptors (Lipinski definition) is 6. The maximum atomic E-state index is 12.0. The van der Waals surface area contributed by atoms with E-state index in [-0.39, 0.29) is 6.03 Å². The van der Waals surface area contributed by atoms with E-state index in [2.05, 4.69) is 31.1 Å². The molecule has 128 valence electrons. The summed E-state index contributed by atoms with van der Waals surface area (Å²) < 4.78 is 6.87. The summed E-state index contributed by atoms with van der Waals surface area (Å²) in [6.07, 6.45) is 1.52. The highest BCUT2D eigenvalue weighted by atomic mass is 16.5. The minimum Gasteiger partial charge on any atom is -0.379 e. The average molecular weight is 331 g/mol. The third kappa shape index (κ3) is 4.27. The summed E-state index contributed by atoms with van der Waals surface area (Å²) in [7, 11) is 0. The third-order valence-corrected chi connectivity index (χ3v) is 3.88. The molecule has 0 atom stereocenters. The summed E-state index contributed by atoms with van der Waals surface area (Å²) in [4.78, 5) is 14.3. The fraction of sp³-hybridized carbons (Fsp3) is 0.467. The Kier molecular flexibility index (Phi) is 5.34. The number of hydrogen-bond donors (Lipinski definition) is 2. The molecule has 1 aromatic heterocycles. The molecule has 0 bridgehead atoms. The molecule has 0 spiro atoms. The fourth-order valence-electron chi connectivity index (χ4n) is 2.53. The zero-order valence-corrected chi connectivity index (χ0v) is 13.6. The van der Waals surface area contributed by atoms with Gasteiger partial charge in [0.25, 0.3) is 0 Å². The summed E-state index contributed by atoms with van der Waals surface area (Å²) in [5.41, 5.74) is 2.53. The minimum atomic E-state index is -0.227. The van der Waals surface area contributed by atoms with Gasteiger partial charge in [0.15, 0.2) is 0 Å². The standard InChI is InChI=1S/C15H21N7O2/c1-12-2-3-13(10-14(12)22-11-17-19-20-22)18-15(23)16-4-5-21-6-8-24-9-7-21/h2-3,10-11H,4-9H2,1H3,(H2,16,18,23). The second-order valence-corrected chi connectivity index (χ2v) is 5.59. The first kappa shape index (κ1) is 16.3. The second-order valence-electron chi connectivity index (χ2n) is 5.59. The number of aryl methyl sites for hydroxylation is 1. The first-order valence-electron chi connectivity index (χ1n) is 7.91. The van der Waals surface area contributed by atoms with E-state index in [1.54, 1.807) is 4.68 Å². The van der Waals surface area contributed by atoms with Crippen molar-refractivity contribution >= 4 is 11.7 Å². The number of benzene rings is 1. The van der Waals surface area contributed by atoms with Gasteiger partial charge in [0.1, 0.15) is 6.33 Å². The molecule has 1 fully saturated rings. The van der Waals surface area contributed by atoms with Crippen LogP contribution in [0.1, 0.15) is 5.56 Å². The Bertz CT molecular complexity index is 668. The van der Waals surface area contributed by atoms with E-state index < -0.39 is 0 Å². The topological polar surface area (TPSA) is 97.2 Å². The van der Waals surface area contributed by atoms with Crippen molar-refractivity contribution in [3.05, 3.63) is 30.1 Å². The van der Waals surface area contributed by atoms with Gasteiger partial charge in [0.05, 0.1) is 18.9 Å². The SMILES string of the molecule is Cc1ccc(NC(=O)NCCN2CCOCC2)cc1-n1cnnn1. The molecule has 2 N–H and O–H groups in total. The molecule has 0 saturated carbocycles. The molecule has 3 rings (SSSR count). The quantitative estimate of drug-likeness (QED) is 0.824. The Hall–Kier alpha value is -2.52. The lowest BCUT2D eigenvalue weighted by atomic mass is 10.2. The molecule has 1 aliphatic rings. The smallest absolute Gasteiger partial charge is 0.319 e. The van der Waals surface area contributed by atoms with E-state index >= 15 is 0 Å². The summed E-state index contributed by atoms with van der Waals surface area (Å²) in [6.45, 7) is 6.72. The van der Waals surface area contributed by atoms with Gasteiger partial charge in [-0.3, -0.25) is 4.90 Å². The van der Waals surface area contributed by atoms with E-state index in [0.717, 1.165) is 44.1 Å². The van der Waals surface area contributed by atoms with Crippen LogP contribution in [-0.2, 0) is 4.74 Å². The highest BCUT2D eigenvalue weighted by molar-refractivity contribution is 5.89. The maximum absolute atomic E-state index is 12.0. The Labute approximate surface area is 140 Å². The number of urea groups is 1. The third-order valence-electron chi connectivity index (χ3n) is 3.88. The molecular formula is C15H21N7O2. The second kappa shape index (κ2) is 7.84. The van der Waals surface area contributed by atoms with Gasteiger partial charge in [-0.05, 0) is 35.0 Å². The van der Waals surface area contributed by atoms with Crippen LogP contribution in [0.5, 0.6) is 0 Å². The number of nitrogens with one attached hydrogen (secondary N) is 2. The molecule has 24 heavy (non-hydrogen) atoms. The van der Waals surface area contributed by atoms with Crippen LogP contribution in [0, 0.1) is 6.92 Å². The Balaban J connectivity index is 1.52. The molecule has 0 radical (unpaired) electrons. The molecule has 0 aliphatic carbocycles. The molecule has 1 aliphatic heterocycles. The number of ether oxygens (including phenoxy) is 1. The first-order valence-corrected chi connectivity index (χ1v) is 7.91. The van der Waals surface area contributed by atoms with Crippen molar-refractivity contribution in [2.75, 3.05) is 44.7 Å². The Morgan fingerprint density at radius 3 is 2.92 bits per heavy atom. The molecule has 1 aromatic carbocycles. The number of carbonyl (C=O) groups is 1. The van der Waals surface area contributed by atoms with Gasteiger partial charge >= 0.3 is 6.03 Å². The zero-order valence-electron chi connectivity index (χ0n) is 13.6. The molecule has 1 saturated heterocycles. The van der Waals surface area contributed by atoms with Gasteiger partial charge in [0, 0.05) is 31.9 Å². The van der Waals surface area contributed by atoms with Gasteiger partial charge < -0.3 is 15.4 Å². The van der Waals surface area contributed by atoms with Gasteiger partial charge in [-0.25, -0.2) is 9.48 Å². The van der Waals surface area contributed by atoms with Gasteiger partial charge in [-0.2, -0.15) is 0 Å². The van der Waals surface area contributed by atoms with Crippen LogP contribution in [0.25, 0.3) is 5.69 Å². The van der Waals surface area contributed by atoms with Crippen molar-refractivity contribution in [2.24, 2.45) is 0 Å². The largest absolute Gasteiger partial charge is 0.379 e. The monoisotopic (exact) mass is 331 g/mol. The lowest BCUT2D eigenvalue weighted by Crippen LogP contribution is -2.42. The van der Waals surface area contributed by atoms with Gasteiger partial charge in [-0.15, -0.1) is 5.10 Å². The summed E-state index contributed by atoms with van der Waals surface area (Å²) in [5.74, 6) is 0. The molecule has 2 aromatic rings. The summed E-state index contributed by atoms with van der Waals surface area (Å²) in [6, 6.07) is 5.38. The predicted molar refractivity (Wildman–Crippen MR) is 88.2 cm³/mol. The van der Waals surface area contributed by atoms with E-state index in [1.165, 1.54) is 6.33 Å². The number of rotatable bonds is 5. The molecule has 2 heterocycles. The van der Waals surface area contributed by atoms with Crippen molar-refractivity contribution in [1.82, 2.24) is 30.4 Å². The van der Waals surface area contributed by atoms with Crippen molar-refractivity contribution in [3.63, 3.8) is 0 Å². The fourth-order valence-corrected chi connectivity index (χ4v) is 2.53. The lowest BCUT2D eigenvalue weighted by molar-refractivity contribution is 0.0388. The first-order chi connectivity index (χ1) is 11.7. The average Bonchev–Trinajstić information content (AvgIpc) is 3.12. The number of tetrazole rings is 1.